The van der Waals surface area contributed by atoms with Crippen LogP contribution in [0, 0.1) is 0 Å². The molecule has 2 aliphatic heterocycles. The number of nitrogens with zero attached hydrogens (tertiary/aromatic N) is 2. The van der Waals surface area contributed by atoms with Gasteiger partial charge >= 0.3 is 6.03 Å². The molecule has 0 radical (unpaired) electrons. The molecule has 0 aromatic heterocycles. The van der Waals surface area contributed by atoms with Crippen LogP contribution in [0.4, 0.5) is 4.79 Å². The molecule has 1 atom stereocenters. The number of urea groups is 1. The van der Waals surface area contributed by atoms with Gasteiger partial charge in [0.25, 0.3) is 5.91 Å². The van der Waals surface area contributed by atoms with E-state index in [1.807, 2.05) is 0 Å². The maximum atomic E-state index is 12.1. The van der Waals surface area contributed by atoms with Gasteiger partial charge in [-0.1, -0.05) is 6.92 Å². The third kappa shape index (κ3) is 3.12. The van der Waals surface area contributed by atoms with E-state index in [4.69, 9.17) is 0 Å². The molecule has 20 heavy (non-hydrogen) atoms. The smallest absolute Gasteiger partial charge is 0.324 e. The van der Waals surface area contributed by atoms with E-state index in [1.54, 1.807) is 13.8 Å². The second-order valence-electron chi connectivity index (χ2n) is 6.14. The van der Waals surface area contributed by atoms with Crippen LogP contribution in [-0.4, -0.2) is 66.0 Å². The summed E-state index contributed by atoms with van der Waals surface area (Å²) < 4.78 is 0. The molecule has 0 spiro atoms. The van der Waals surface area contributed by atoms with Crippen molar-refractivity contribution < 1.29 is 9.59 Å². The lowest BCUT2D eigenvalue weighted by molar-refractivity contribution is -0.130. The summed E-state index contributed by atoms with van der Waals surface area (Å²) in [5.41, 5.74) is -0.763. The average molecular weight is 282 g/mol. The summed E-state index contributed by atoms with van der Waals surface area (Å²) in [6.45, 7) is 9.88. The van der Waals surface area contributed by atoms with Crippen molar-refractivity contribution in [3.8, 4) is 0 Å². The first kappa shape index (κ1) is 15.3. The molecule has 114 valence electrons. The molecule has 2 rings (SSSR count). The minimum absolute atomic E-state index is 0.125. The number of carbonyl (C=O) groups excluding carboxylic acids is 2. The summed E-state index contributed by atoms with van der Waals surface area (Å²) >= 11 is 0. The van der Waals surface area contributed by atoms with Gasteiger partial charge < -0.3 is 10.6 Å². The van der Waals surface area contributed by atoms with Crippen LogP contribution in [0.25, 0.3) is 0 Å². The van der Waals surface area contributed by atoms with Crippen LogP contribution in [0.1, 0.15) is 33.6 Å². The molecule has 2 fully saturated rings. The maximum absolute atomic E-state index is 12.1. The zero-order valence-electron chi connectivity index (χ0n) is 12.7. The number of rotatable bonds is 5. The predicted octanol–water partition coefficient (Wildman–Crippen LogP) is 0.391. The normalized spacial score (nSPS) is 26.2. The van der Waals surface area contributed by atoms with Crippen LogP contribution in [0.5, 0.6) is 0 Å². The number of carbonyl (C=O) groups is 2. The molecule has 0 bridgehead atoms. The van der Waals surface area contributed by atoms with Crippen LogP contribution in [-0.2, 0) is 4.79 Å². The lowest BCUT2D eigenvalue weighted by Crippen LogP contribution is -2.49. The van der Waals surface area contributed by atoms with Gasteiger partial charge in [0.1, 0.15) is 5.54 Å². The van der Waals surface area contributed by atoms with Crippen molar-refractivity contribution in [3.05, 3.63) is 0 Å². The Balaban J connectivity index is 1.90. The van der Waals surface area contributed by atoms with Crippen molar-refractivity contribution >= 4 is 11.9 Å². The van der Waals surface area contributed by atoms with Crippen molar-refractivity contribution in [3.63, 3.8) is 0 Å². The number of imide groups is 1. The highest BCUT2D eigenvalue weighted by Crippen LogP contribution is 2.17. The Morgan fingerprint density at radius 2 is 2.15 bits per heavy atom. The third-order valence-electron chi connectivity index (χ3n) is 4.25. The molecule has 0 saturated carbocycles. The number of hydrogen-bond acceptors (Lipinski definition) is 4. The fourth-order valence-electron chi connectivity index (χ4n) is 2.99. The number of amides is 3. The Labute approximate surface area is 120 Å². The van der Waals surface area contributed by atoms with Gasteiger partial charge in [0.15, 0.2) is 0 Å². The van der Waals surface area contributed by atoms with Gasteiger partial charge in [0.05, 0.1) is 0 Å². The van der Waals surface area contributed by atoms with Crippen molar-refractivity contribution in [2.75, 3.05) is 32.7 Å². The summed E-state index contributed by atoms with van der Waals surface area (Å²) in [6, 6.07) is 0.250. The van der Waals surface area contributed by atoms with E-state index in [0.717, 1.165) is 26.2 Å². The number of piperidine rings is 1. The van der Waals surface area contributed by atoms with Crippen molar-refractivity contribution in [1.29, 1.82) is 0 Å². The first-order chi connectivity index (χ1) is 9.45. The van der Waals surface area contributed by atoms with E-state index in [0.29, 0.717) is 12.6 Å². The maximum Gasteiger partial charge on any atom is 0.325 e. The summed E-state index contributed by atoms with van der Waals surface area (Å²) in [5.74, 6) is -0.125. The number of nitrogens with one attached hydrogen (secondary N) is 2. The topological polar surface area (TPSA) is 64.7 Å². The Morgan fingerprint density at radius 1 is 1.40 bits per heavy atom. The highest BCUT2D eigenvalue weighted by atomic mass is 16.2. The SMILES string of the molecule is CCN(CCN1C(=O)NC(C)(C)C1=O)C1CCCNC1. The summed E-state index contributed by atoms with van der Waals surface area (Å²) in [5, 5.41) is 6.13. The van der Waals surface area contributed by atoms with Crippen LogP contribution in [0.2, 0.25) is 0 Å². The van der Waals surface area contributed by atoms with Crippen LogP contribution < -0.4 is 10.6 Å². The molecule has 3 amide bonds. The lowest BCUT2D eigenvalue weighted by atomic mass is 10.1. The monoisotopic (exact) mass is 282 g/mol. The van der Waals surface area contributed by atoms with Crippen LogP contribution in [0.15, 0.2) is 0 Å². The van der Waals surface area contributed by atoms with E-state index < -0.39 is 5.54 Å². The van der Waals surface area contributed by atoms with Crippen molar-refractivity contribution in [1.82, 2.24) is 20.4 Å². The van der Waals surface area contributed by atoms with Gasteiger partial charge in [-0.05, 0) is 39.8 Å². The molecule has 0 aromatic rings. The Hall–Kier alpha value is -1.14. The zero-order chi connectivity index (χ0) is 14.8. The molecular weight excluding hydrogens is 256 g/mol. The average Bonchev–Trinajstić information content (AvgIpc) is 2.62. The largest absolute Gasteiger partial charge is 0.325 e. The van der Waals surface area contributed by atoms with Gasteiger partial charge in [-0.3, -0.25) is 14.6 Å². The van der Waals surface area contributed by atoms with Gasteiger partial charge in [-0.15, -0.1) is 0 Å². The number of hydrogen-bond donors (Lipinski definition) is 2. The predicted molar refractivity (Wildman–Crippen MR) is 77.5 cm³/mol. The molecule has 0 aliphatic carbocycles. The second-order valence-corrected chi connectivity index (χ2v) is 6.14. The minimum atomic E-state index is -0.763. The lowest BCUT2D eigenvalue weighted by Gasteiger charge is -2.34. The first-order valence-corrected chi connectivity index (χ1v) is 7.54. The molecule has 2 saturated heterocycles. The fraction of sp³-hybridized carbons (Fsp3) is 0.857. The molecule has 2 heterocycles. The van der Waals surface area contributed by atoms with Gasteiger partial charge in [-0.25, -0.2) is 4.79 Å². The van der Waals surface area contributed by atoms with E-state index in [-0.39, 0.29) is 11.9 Å². The van der Waals surface area contributed by atoms with Crippen molar-refractivity contribution in [2.45, 2.75) is 45.2 Å². The van der Waals surface area contributed by atoms with E-state index in [1.165, 1.54) is 17.7 Å². The van der Waals surface area contributed by atoms with E-state index in [2.05, 4.69) is 22.5 Å². The van der Waals surface area contributed by atoms with Gasteiger partial charge in [0.2, 0.25) is 0 Å². The zero-order valence-corrected chi connectivity index (χ0v) is 12.7. The summed E-state index contributed by atoms with van der Waals surface area (Å²) in [7, 11) is 0. The quantitative estimate of drug-likeness (QED) is 0.716. The van der Waals surface area contributed by atoms with Crippen LogP contribution >= 0.6 is 0 Å². The standard InChI is InChI=1S/C14H26N4O2/c1-4-17(11-6-5-7-15-10-11)8-9-18-12(19)14(2,3)16-13(18)20/h11,15H,4-10H2,1-3H3,(H,16,20). The Kier molecular flexibility index (Phi) is 4.65. The molecule has 2 aliphatic rings. The minimum Gasteiger partial charge on any atom is -0.324 e. The van der Waals surface area contributed by atoms with Crippen molar-refractivity contribution in [2.24, 2.45) is 0 Å². The summed E-state index contributed by atoms with van der Waals surface area (Å²) in [6.07, 6.45) is 2.38. The Morgan fingerprint density at radius 3 is 2.65 bits per heavy atom. The molecular formula is C14H26N4O2. The first-order valence-electron chi connectivity index (χ1n) is 7.54. The number of likely N-dealkylation sites (N-methyl/N-ethyl adjacent to an activating group) is 1. The highest BCUT2D eigenvalue weighted by molar-refractivity contribution is 6.06. The molecule has 1 unspecified atom stereocenters. The molecule has 2 N–H and O–H groups in total. The Bertz CT molecular complexity index is 377. The highest BCUT2D eigenvalue weighted by Gasteiger charge is 2.44. The molecule has 6 nitrogen and oxygen atoms in total. The molecule has 6 heteroatoms. The van der Waals surface area contributed by atoms with Gasteiger partial charge in [0, 0.05) is 25.7 Å². The molecule has 0 aromatic carbocycles. The van der Waals surface area contributed by atoms with Gasteiger partial charge in [-0.2, -0.15) is 0 Å². The van der Waals surface area contributed by atoms with Crippen LogP contribution in [0.3, 0.4) is 0 Å². The fourth-order valence-corrected chi connectivity index (χ4v) is 2.99. The summed E-state index contributed by atoms with van der Waals surface area (Å²) in [4.78, 5) is 27.7. The van der Waals surface area contributed by atoms with E-state index in [9.17, 15) is 9.59 Å². The third-order valence-corrected chi connectivity index (χ3v) is 4.25. The van der Waals surface area contributed by atoms with E-state index >= 15 is 0 Å². The second kappa shape index (κ2) is 6.10.